The minimum absolute atomic E-state index is 0.0978. The molecule has 1 saturated carbocycles. The Labute approximate surface area is 159 Å². The van der Waals surface area contributed by atoms with Crippen LogP contribution in [0.15, 0.2) is 18.2 Å². The van der Waals surface area contributed by atoms with Crippen molar-refractivity contribution in [3.05, 3.63) is 34.9 Å². The van der Waals surface area contributed by atoms with Gasteiger partial charge in [0.2, 0.25) is 10.3 Å². The second-order valence-electron chi connectivity index (χ2n) is 6.64. The minimum Gasteiger partial charge on any atom is -0.386 e. The predicted molar refractivity (Wildman–Crippen MR) is 99.2 cm³/mol. The van der Waals surface area contributed by atoms with E-state index in [1.54, 1.807) is 0 Å². The van der Waals surface area contributed by atoms with Gasteiger partial charge in [0.1, 0.15) is 0 Å². The van der Waals surface area contributed by atoms with Gasteiger partial charge in [0.25, 0.3) is 5.91 Å². The van der Waals surface area contributed by atoms with Gasteiger partial charge in [0.05, 0.1) is 11.1 Å². The van der Waals surface area contributed by atoms with E-state index >= 15 is 0 Å². The number of carbonyl (C=O) groups is 3. The zero-order valence-electron chi connectivity index (χ0n) is 14.5. The first-order valence-corrected chi connectivity index (χ1v) is 9.74. The molecule has 1 amide bonds. The lowest BCUT2D eigenvalue weighted by Gasteiger charge is -2.14. The van der Waals surface area contributed by atoms with Crippen molar-refractivity contribution in [2.24, 2.45) is 0 Å². The number of carbonyl (C=O) groups excluding carboxylic acids is 3. The van der Waals surface area contributed by atoms with E-state index in [-0.39, 0.29) is 16.7 Å². The summed E-state index contributed by atoms with van der Waals surface area (Å²) in [5, 5.41) is 15.2. The summed E-state index contributed by atoms with van der Waals surface area (Å²) >= 11 is 1.27. The molecule has 8 nitrogen and oxygen atoms in total. The number of nitrogens with one attached hydrogen (secondary N) is 2. The molecule has 2 aliphatic rings. The lowest BCUT2D eigenvalue weighted by Crippen LogP contribution is -2.17. The second-order valence-corrected chi connectivity index (χ2v) is 7.61. The summed E-state index contributed by atoms with van der Waals surface area (Å²) in [6.07, 6.45) is 7.20. The van der Waals surface area contributed by atoms with Crippen molar-refractivity contribution in [3.8, 4) is 0 Å². The van der Waals surface area contributed by atoms with Gasteiger partial charge in [-0.1, -0.05) is 37.0 Å². The molecule has 1 aromatic heterocycles. The van der Waals surface area contributed by atoms with Gasteiger partial charge < -0.3 is 10.1 Å². The number of fused-ring (bicyclic) bond motifs is 1. The fraction of sp³-hybridized carbons (Fsp3) is 0.389. The molecule has 1 aromatic carbocycles. The van der Waals surface area contributed by atoms with E-state index in [1.165, 1.54) is 55.2 Å². The molecule has 0 bridgehead atoms. The van der Waals surface area contributed by atoms with Crippen molar-refractivity contribution in [1.29, 1.82) is 0 Å². The van der Waals surface area contributed by atoms with Gasteiger partial charge in [-0.05, 0) is 31.0 Å². The summed E-state index contributed by atoms with van der Waals surface area (Å²) in [7, 11) is 0. The topological polar surface area (TPSA) is 110 Å². The number of hydrogen-bond donors (Lipinski definition) is 2. The SMILES string of the molecule is O=C(Nc1nnc(NC2CCCCCC2)s1)c1ccc2c(c1)C(=O)OC2=O. The van der Waals surface area contributed by atoms with Crippen LogP contribution in [0.3, 0.4) is 0 Å². The predicted octanol–water partition coefficient (Wildman–Crippen LogP) is 3.24. The maximum Gasteiger partial charge on any atom is 0.346 e. The highest BCUT2D eigenvalue weighted by Crippen LogP contribution is 2.26. The van der Waals surface area contributed by atoms with Gasteiger partial charge in [-0.25, -0.2) is 9.59 Å². The van der Waals surface area contributed by atoms with Gasteiger partial charge in [-0.3, -0.25) is 10.1 Å². The fourth-order valence-electron chi connectivity index (χ4n) is 3.33. The first-order chi connectivity index (χ1) is 13.1. The van der Waals surface area contributed by atoms with Crippen LogP contribution in [0.2, 0.25) is 0 Å². The van der Waals surface area contributed by atoms with E-state index in [0.29, 0.717) is 16.3 Å². The molecule has 4 rings (SSSR count). The third-order valence-corrected chi connectivity index (χ3v) is 5.51. The van der Waals surface area contributed by atoms with E-state index in [4.69, 9.17) is 0 Å². The summed E-state index contributed by atoms with van der Waals surface area (Å²) in [6, 6.07) is 4.63. The monoisotopic (exact) mass is 386 g/mol. The number of cyclic esters (lactones) is 2. The number of esters is 2. The van der Waals surface area contributed by atoms with Crippen LogP contribution >= 0.6 is 11.3 Å². The van der Waals surface area contributed by atoms with Crippen molar-refractivity contribution >= 4 is 39.4 Å². The average molecular weight is 386 g/mol. The summed E-state index contributed by atoms with van der Waals surface area (Å²) in [6.45, 7) is 0. The molecule has 1 fully saturated rings. The van der Waals surface area contributed by atoms with E-state index < -0.39 is 17.8 Å². The largest absolute Gasteiger partial charge is 0.386 e. The van der Waals surface area contributed by atoms with Crippen LogP contribution in [0.25, 0.3) is 0 Å². The van der Waals surface area contributed by atoms with Gasteiger partial charge >= 0.3 is 11.9 Å². The van der Waals surface area contributed by atoms with Gasteiger partial charge in [-0.15, -0.1) is 10.2 Å². The molecule has 0 radical (unpaired) electrons. The number of nitrogens with zero attached hydrogens (tertiary/aromatic N) is 2. The summed E-state index contributed by atoms with van der Waals surface area (Å²) < 4.78 is 4.53. The molecule has 0 atom stereocenters. The number of benzene rings is 1. The van der Waals surface area contributed by atoms with E-state index in [1.807, 2.05) is 0 Å². The Morgan fingerprint density at radius 2 is 1.70 bits per heavy atom. The zero-order valence-corrected chi connectivity index (χ0v) is 15.3. The fourth-order valence-corrected chi connectivity index (χ4v) is 4.04. The van der Waals surface area contributed by atoms with E-state index in [0.717, 1.165) is 12.8 Å². The molecule has 0 unspecified atom stereocenters. The van der Waals surface area contributed by atoms with Crippen LogP contribution in [0.1, 0.15) is 69.6 Å². The van der Waals surface area contributed by atoms with Crippen molar-refractivity contribution in [3.63, 3.8) is 0 Å². The molecule has 2 aromatic rings. The van der Waals surface area contributed by atoms with Gasteiger partial charge in [0, 0.05) is 11.6 Å². The molecule has 9 heteroatoms. The zero-order chi connectivity index (χ0) is 18.8. The molecule has 140 valence electrons. The third kappa shape index (κ3) is 3.82. The van der Waals surface area contributed by atoms with Crippen LogP contribution in [-0.4, -0.2) is 34.1 Å². The highest BCUT2D eigenvalue weighted by atomic mass is 32.1. The van der Waals surface area contributed by atoms with Crippen LogP contribution < -0.4 is 10.6 Å². The van der Waals surface area contributed by atoms with Crippen LogP contribution in [-0.2, 0) is 4.74 Å². The number of aromatic nitrogens is 2. The quantitative estimate of drug-likeness (QED) is 0.471. The lowest BCUT2D eigenvalue weighted by molar-refractivity contribution is 0.0443. The highest BCUT2D eigenvalue weighted by molar-refractivity contribution is 7.19. The van der Waals surface area contributed by atoms with Crippen LogP contribution in [0.5, 0.6) is 0 Å². The molecular formula is C18H18N4O4S. The molecule has 1 aliphatic heterocycles. The maximum absolute atomic E-state index is 12.4. The smallest absolute Gasteiger partial charge is 0.346 e. The van der Waals surface area contributed by atoms with Crippen LogP contribution in [0, 0.1) is 0 Å². The highest BCUT2D eigenvalue weighted by Gasteiger charge is 2.30. The number of hydrogen-bond acceptors (Lipinski definition) is 8. The summed E-state index contributed by atoms with van der Waals surface area (Å²) in [5.74, 6) is -1.86. The maximum atomic E-state index is 12.4. The first-order valence-electron chi connectivity index (χ1n) is 8.92. The minimum atomic E-state index is -0.740. The van der Waals surface area contributed by atoms with Crippen LogP contribution in [0.4, 0.5) is 10.3 Å². The van der Waals surface area contributed by atoms with Gasteiger partial charge in [-0.2, -0.15) is 0 Å². The summed E-state index contributed by atoms with van der Waals surface area (Å²) in [5.41, 5.74) is 0.511. The summed E-state index contributed by atoms with van der Waals surface area (Å²) in [4.78, 5) is 35.5. The number of ether oxygens (including phenoxy) is 1. The van der Waals surface area contributed by atoms with Crippen molar-refractivity contribution in [1.82, 2.24) is 10.2 Å². The Morgan fingerprint density at radius 1 is 1.00 bits per heavy atom. The Balaban J connectivity index is 1.42. The van der Waals surface area contributed by atoms with E-state index in [9.17, 15) is 14.4 Å². The number of rotatable bonds is 4. The Bertz CT molecular complexity index is 903. The van der Waals surface area contributed by atoms with Crippen molar-refractivity contribution < 1.29 is 19.1 Å². The lowest BCUT2D eigenvalue weighted by atomic mass is 10.1. The van der Waals surface area contributed by atoms with Gasteiger partial charge in [0.15, 0.2) is 0 Å². The average Bonchev–Trinajstić information content (AvgIpc) is 3.09. The molecular weight excluding hydrogens is 368 g/mol. The molecule has 0 spiro atoms. The normalized spacial score (nSPS) is 17.2. The molecule has 1 aliphatic carbocycles. The molecule has 2 heterocycles. The molecule has 2 N–H and O–H groups in total. The number of anilines is 2. The second kappa shape index (κ2) is 7.43. The first kappa shape index (κ1) is 17.6. The Morgan fingerprint density at radius 3 is 2.48 bits per heavy atom. The van der Waals surface area contributed by atoms with Crippen molar-refractivity contribution in [2.45, 2.75) is 44.6 Å². The Kier molecular flexibility index (Phi) is 4.85. The standard InChI is InChI=1S/C18H18N4O4S/c23-14(10-7-8-12-13(9-10)16(25)26-15(12)24)20-18-22-21-17(27-18)19-11-5-3-1-2-4-6-11/h7-9,11H,1-6H2,(H,19,21)(H,20,22,23). The number of amides is 1. The molecule has 0 saturated heterocycles. The van der Waals surface area contributed by atoms with Crippen molar-refractivity contribution in [2.75, 3.05) is 10.6 Å². The third-order valence-electron chi connectivity index (χ3n) is 4.74. The van der Waals surface area contributed by atoms with E-state index in [2.05, 4.69) is 25.6 Å². The Hall–Kier alpha value is -2.81. The molecule has 27 heavy (non-hydrogen) atoms.